The van der Waals surface area contributed by atoms with Gasteiger partial charge in [-0.15, -0.1) is 0 Å². The predicted molar refractivity (Wildman–Crippen MR) is 183 cm³/mol. The molecular weight excluding hydrogens is 602 g/mol. The molecular formula is C41H29NO6. The molecule has 0 aliphatic heterocycles. The number of esters is 3. The Morgan fingerprint density at radius 3 is 1.52 bits per heavy atom. The molecule has 0 unspecified atom stereocenters. The quantitative estimate of drug-likeness (QED) is 0.113. The molecule has 4 atom stereocenters. The van der Waals surface area contributed by atoms with Gasteiger partial charge in [0.1, 0.15) is 0 Å². The lowest BCUT2D eigenvalue weighted by molar-refractivity contribution is -0.103. The van der Waals surface area contributed by atoms with Crippen LogP contribution in [-0.2, 0) is 14.2 Å². The standard InChI is InChI=1S/C41H29NO6/c42-35-34-30-22-21-25-18-10-17-24-19-20-29(33(30)32(24)25)23-31(34)36(46-39(43)26-11-4-1-5-12-26)38(48-41(45)28-15-8-3-9-16-28)37(35)47-40(44)27-13-6-2-7-14-27/h1-23,35-38H,42H2/t35-,36-,37+,38+/m1/s1. The second kappa shape index (κ2) is 12.0. The molecule has 48 heavy (non-hydrogen) atoms. The third kappa shape index (κ3) is 5.01. The van der Waals surface area contributed by atoms with Crippen LogP contribution in [-0.4, -0.2) is 30.1 Å². The maximum atomic E-state index is 13.7. The lowest BCUT2D eigenvalue weighted by Crippen LogP contribution is -2.50. The van der Waals surface area contributed by atoms with Crippen LogP contribution >= 0.6 is 0 Å². The maximum Gasteiger partial charge on any atom is 0.338 e. The summed E-state index contributed by atoms with van der Waals surface area (Å²) in [5, 5.41) is 5.98. The van der Waals surface area contributed by atoms with Crippen molar-refractivity contribution >= 4 is 50.2 Å². The summed E-state index contributed by atoms with van der Waals surface area (Å²) >= 11 is 0. The zero-order valence-corrected chi connectivity index (χ0v) is 25.6. The van der Waals surface area contributed by atoms with Crippen molar-refractivity contribution in [3.8, 4) is 0 Å². The number of benzene rings is 7. The van der Waals surface area contributed by atoms with E-state index in [4.69, 9.17) is 19.9 Å². The van der Waals surface area contributed by atoms with Crippen molar-refractivity contribution in [1.29, 1.82) is 0 Å². The molecule has 7 heteroatoms. The van der Waals surface area contributed by atoms with Crippen LogP contribution < -0.4 is 5.73 Å². The van der Waals surface area contributed by atoms with Gasteiger partial charge in [0, 0.05) is 5.56 Å². The first-order valence-electron chi connectivity index (χ1n) is 15.7. The van der Waals surface area contributed by atoms with E-state index in [1.807, 2.05) is 30.3 Å². The van der Waals surface area contributed by atoms with E-state index in [9.17, 15) is 14.4 Å². The molecule has 0 spiro atoms. The van der Waals surface area contributed by atoms with Gasteiger partial charge in [-0.2, -0.15) is 0 Å². The van der Waals surface area contributed by atoms with Gasteiger partial charge < -0.3 is 19.9 Å². The number of fused-ring (bicyclic) bond motifs is 2. The van der Waals surface area contributed by atoms with Gasteiger partial charge in [0.05, 0.1) is 22.7 Å². The second-order valence-electron chi connectivity index (χ2n) is 11.9. The topological polar surface area (TPSA) is 105 Å². The minimum Gasteiger partial charge on any atom is -0.453 e. The number of carbonyl (C=O) groups excluding carboxylic acids is 3. The Hall–Kier alpha value is -6.05. The zero-order chi connectivity index (χ0) is 32.8. The van der Waals surface area contributed by atoms with Gasteiger partial charge in [-0.3, -0.25) is 0 Å². The molecule has 8 rings (SSSR count). The van der Waals surface area contributed by atoms with Gasteiger partial charge in [-0.25, -0.2) is 14.4 Å². The zero-order valence-electron chi connectivity index (χ0n) is 25.6. The normalized spacial score (nSPS) is 18.8. The highest BCUT2D eigenvalue weighted by Crippen LogP contribution is 2.48. The molecule has 0 amide bonds. The molecule has 0 saturated carbocycles. The van der Waals surface area contributed by atoms with Gasteiger partial charge >= 0.3 is 17.9 Å². The number of hydrogen-bond acceptors (Lipinski definition) is 7. The van der Waals surface area contributed by atoms with Crippen LogP contribution in [0.3, 0.4) is 0 Å². The molecule has 0 fully saturated rings. The lowest BCUT2D eigenvalue weighted by Gasteiger charge is -2.41. The summed E-state index contributed by atoms with van der Waals surface area (Å²) in [7, 11) is 0. The summed E-state index contributed by atoms with van der Waals surface area (Å²) in [5.41, 5.74) is 9.26. The molecule has 1 aliphatic rings. The van der Waals surface area contributed by atoms with Crippen molar-refractivity contribution in [2.45, 2.75) is 24.4 Å². The molecule has 0 bridgehead atoms. The van der Waals surface area contributed by atoms with E-state index in [-0.39, 0.29) is 5.56 Å². The number of ether oxygens (including phenoxy) is 3. The fourth-order valence-electron chi connectivity index (χ4n) is 6.87. The first-order valence-corrected chi connectivity index (χ1v) is 15.7. The minimum absolute atomic E-state index is 0.286. The van der Waals surface area contributed by atoms with Crippen LogP contribution in [0.1, 0.15) is 54.3 Å². The highest BCUT2D eigenvalue weighted by atomic mass is 16.6. The molecule has 0 radical (unpaired) electrons. The number of rotatable bonds is 6. The molecule has 7 nitrogen and oxygen atoms in total. The van der Waals surface area contributed by atoms with E-state index in [1.165, 1.54) is 0 Å². The Morgan fingerprint density at radius 2 is 0.958 bits per heavy atom. The lowest BCUT2D eigenvalue weighted by atomic mass is 9.77. The van der Waals surface area contributed by atoms with Crippen molar-refractivity contribution in [3.63, 3.8) is 0 Å². The highest BCUT2D eigenvalue weighted by Gasteiger charge is 2.49. The van der Waals surface area contributed by atoms with Crippen LogP contribution in [0.15, 0.2) is 140 Å². The van der Waals surface area contributed by atoms with Gasteiger partial charge in [0.2, 0.25) is 0 Å². The molecule has 2 N–H and O–H groups in total. The third-order valence-electron chi connectivity index (χ3n) is 9.09. The number of nitrogens with two attached hydrogens (primary N) is 1. The Balaban J connectivity index is 1.34. The van der Waals surface area contributed by atoms with E-state index in [1.54, 1.807) is 91.0 Å². The maximum absolute atomic E-state index is 13.7. The largest absolute Gasteiger partial charge is 0.453 e. The summed E-state index contributed by atoms with van der Waals surface area (Å²) in [6.45, 7) is 0. The van der Waals surface area contributed by atoms with Crippen LogP contribution in [0.2, 0.25) is 0 Å². The second-order valence-corrected chi connectivity index (χ2v) is 11.9. The third-order valence-corrected chi connectivity index (χ3v) is 9.09. The van der Waals surface area contributed by atoms with E-state index >= 15 is 0 Å². The molecule has 234 valence electrons. The van der Waals surface area contributed by atoms with Crippen molar-refractivity contribution in [3.05, 3.63) is 167 Å². The van der Waals surface area contributed by atoms with E-state index < -0.39 is 42.3 Å². The summed E-state index contributed by atoms with van der Waals surface area (Å²) in [6.07, 6.45) is -3.67. The molecule has 0 heterocycles. The van der Waals surface area contributed by atoms with Crippen molar-refractivity contribution in [1.82, 2.24) is 0 Å². The number of hydrogen-bond donors (Lipinski definition) is 1. The molecule has 0 saturated heterocycles. The van der Waals surface area contributed by atoms with Gasteiger partial charge in [-0.05, 0) is 80.3 Å². The molecule has 7 aromatic rings. The van der Waals surface area contributed by atoms with E-state index in [0.717, 1.165) is 32.3 Å². The SMILES string of the molecule is N[C@@H]1c2c(cc3ccc4cccc5ccc2c3c45)[C@@H](OC(=O)c2ccccc2)[C@H](OC(=O)c2ccccc2)[C@H]1OC(=O)c1ccccc1. The Kier molecular flexibility index (Phi) is 7.31. The van der Waals surface area contributed by atoms with Crippen LogP contribution in [0.5, 0.6) is 0 Å². The fourth-order valence-corrected chi connectivity index (χ4v) is 6.87. The Labute approximate surface area is 275 Å². The average Bonchev–Trinajstić information content (AvgIpc) is 3.14. The Morgan fingerprint density at radius 1 is 0.479 bits per heavy atom. The van der Waals surface area contributed by atoms with Crippen molar-refractivity contribution in [2.24, 2.45) is 5.73 Å². The summed E-state index contributed by atoms with van der Waals surface area (Å²) in [5.74, 6) is -1.94. The summed E-state index contributed by atoms with van der Waals surface area (Å²) in [4.78, 5) is 41.0. The van der Waals surface area contributed by atoms with E-state index in [0.29, 0.717) is 22.3 Å². The monoisotopic (exact) mass is 631 g/mol. The molecule has 7 aromatic carbocycles. The van der Waals surface area contributed by atoms with Gasteiger partial charge in [0.25, 0.3) is 0 Å². The predicted octanol–water partition coefficient (Wildman–Crippen LogP) is 7.95. The van der Waals surface area contributed by atoms with Crippen LogP contribution in [0.4, 0.5) is 0 Å². The first-order chi connectivity index (χ1) is 23.5. The fraction of sp³-hybridized carbons (Fsp3) is 0.0976. The van der Waals surface area contributed by atoms with Crippen LogP contribution in [0.25, 0.3) is 32.3 Å². The first kappa shape index (κ1) is 29.4. The highest BCUT2D eigenvalue weighted by molar-refractivity contribution is 6.24. The number of carbonyl (C=O) groups is 3. The average molecular weight is 632 g/mol. The van der Waals surface area contributed by atoms with Crippen LogP contribution in [0, 0.1) is 0 Å². The van der Waals surface area contributed by atoms with Crippen molar-refractivity contribution in [2.75, 3.05) is 0 Å². The molecule has 0 aromatic heterocycles. The Bertz CT molecular complexity index is 2290. The smallest absolute Gasteiger partial charge is 0.338 e. The van der Waals surface area contributed by atoms with Crippen molar-refractivity contribution < 1.29 is 28.6 Å². The molecule has 1 aliphatic carbocycles. The van der Waals surface area contributed by atoms with E-state index in [2.05, 4.69) is 18.2 Å². The van der Waals surface area contributed by atoms with Gasteiger partial charge in [-0.1, -0.05) is 97.1 Å². The summed E-state index contributed by atoms with van der Waals surface area (Å²) in [6, 6.07) is 40.9. The minimum atomic E-state index is -1.28. The van der Waals surface area contributed by atoms with Gasteiger partial charge in [0.15, 0.2) is 18.3 Å². The summed E-state index contributed by atoms with van der Waals surface area (Å²) < 4.78 is 18.6.